The molecule has 0 aromatic heterocycles. The zero-order valence-corrected chi connectivity index (χ0v) is 8.52. The zero-order chi connectivity index (χ0) is 3.58. The second-order valence-electron chi connectivity index (χ2n) is 0.231. The van der Waals surface area contributed by atoms with E-state index in [1.165, 1.54) is 0 Å². The van der Waals surface area contributed by atoms with Gasteiger partial charge in [0, 0.05) is 20.4 Å². The average Bonchev–Trinajstić information content (AvgIpc) is 0.811. The fourth-order valence-electron chi connectivity index (χ4n) is 0. The molecule has 0 heterocycles. The molecule has 0 radical (unpaired) electrons. The Hall–Kier alpha value is 2.37. The number of hydrogen-bond donors (Lipinski definition) is 2. The SMILES string of the molecule is O=S(O)O.[H-].[K+].[Pd]. The van der Waals surface area contributed by atoms with Gasteiger partial charge in [-0.15, -0.1) is 0 Å². The summed E-state index contributed by atoms with van der Waals surface area (Å²) in [6.07, 6.45) is 0. The van der Waals surface area contributed by atoms with E-state index < -0.39 is 11.4 Å². The molecule has 38 valence electrons. The molecule has 6 heavy (non-hydrogen) atoms. The summed E-state index contributed by atoms with van der Waals surface area (Å²) in [4.78, 5) is 0. The van der Waals surface area contributed by atoms with E-state index in [-0.39, 0.29) is 73.2 Å². The van der Waals surface area contributed by atoms with Crippen LogP contribution in [0.2, 0.25) is 0 Å². The summed E-state index contributed by atoms with van der Waals surface area (Å²) in [6.45, 7) is 0. The van der Waals surface area contributed by atoms with E-state index >= 15 is 0 Å². The summed E-state index contributed by atoms with van der Waals surface area (Å²) in [5.74, 6) is 0. The van der Waals surface area contributed by atoms with E-state index in [9.17, 15) is 0 Å². The van der Waals surface area contributed by atoms with Crippen LogP contribution < -0.4 is 51.4 Å². The predicted octanol–water partition coefficient (Wildman–Crippen LogP) is -3.20. The molecule has 0 aliphatic heterocycles. The van der Waals surface area contributed by atoms with Gasteiger partial charge in [0.1, 0.15) is 0 Å². The summed E-state index contributed by atoms with van der Waals surface area (Å²) < 4.78 is 22.8. The van der Waals surface area contributed by atoms with Gasteiger partial charge in [0.05, 0.1) is 0 Å². The van der Waals surface area contributed by atoms with Crippen LogP contribution in [0.4, 0.5) is 0 Å². The van der Waals surface area contributed by atoms with Crippen LogP contribution in [0.25, 0.3) is 0 Å². The first-order chi connectivity index (χ1) is 1.73. The molecule has 0 aromatic carbocycles. The van der Waals surface area contributed by atoms with Crippen LogP contribution in [0, 0.1) is 0 Å². The molecule has 0 amide bonds. The van der Waals surface area contributed by atoms with Crippen molar-refractivity contribution in [2.45, 2.75) is 0 Å². The van der Waals surface area contributed by atoms with Crippen molar-refractivity contribution in [1.29, 1.82) is 0 Å². The summed E-state index contributed by atoms with van der Waals surface area (Å²) in [5.41, 5.74) is 0. The Labute approximate surface area is 95.9 Å². The zero-order valence-electron chi connectivity index (χ0n) is 4.03. The van der Waals surface area contributed by atoms with Gasteiger partial charge in [-0.05, 0) is 0 Å². The first-order valence-electron chi connectivity index (χ1n) is 0.532. The van der Waals surface area contributed by atoms with Crippen LogP contribution in [0.5, 0.6) is 0 Å². The minimum Gasteiger partial charge on any atom is -1.00 e. The Morgan fingerprint density at radius 3 is 1.50 bits per heavy atom. The summed E-state index contributed by atoms with van der Waals surface area (Å²) >= 11 is -2.61. The molecule has 3 nitrogen and oxygen atoms in total. The molecular weight excluding hydrogens is 226 g/mol. The van der Waals surface area contributed by atoms with Gasteiger partial charge in [0.2, 0.25) is 0 Å². The van der Waals surface area contributed by atoms with E-state index in [0.717, 1.165) is 0 Å². The van der Waals surface area contributed by atoms with Crippen molar-refractivity contribution < 1.29 is 86.5 Å². The third-order valence-electron chi connectivity index (χ3n) is 0. The Balaban J connectivity index is -0.0000000150. The summed E-state index contributed by atoms with van der Waals surface area (Å²) in [5, 5.41) is 0. The van der Waals surface area contributed by atoms with Crippen molar-refractivity contribution in [2.24, 2.45) is 0 Å². The molecule has 2 N–H and O–H groups in total. The molecule has 0 aliphatic rings. The van der Waals surface area contributed by atoms with Crippen LogP contribution in [-0.4, -0.2) is 13.3 Å². The van der Waals surface area contributed by atoms with Gasteiger partial charge in [0.25, 0.3) is 11.4 Å². The van der Waals surface area contributed by atoms with Gasteiger partial charge in [-0.25, -0.2) is 0 Å². The Morgan fingerprint density at radius 1 is 1.50 bits per heavy atom. The largest absolute Gasteiger partial charge is 1.00 e. The monoisotopic (exact) mass is 228 g/mol. The molecule has 0 fully saturated rings. The van der Waals surface area contributed by atoms with Crippen LogP contribution >= 0.6 is 0 Å². The fraction of sp³-hybridized carbons (Fsp3) is 0. The molecule has 0 aromatic rings. The smallest absolute Gasteiger partial charge is 1.00 e. The molecule has 0 bridgehead atoms. The van der Waals surface area contributed by atoms with Crippen molar-refractivity contribution in [3.63, 3.8) is 0 Å². The van der Waals surface area contributed by atoms with Crippen LogP contribution in [0.15, 0.2) is 0 Å². The minimum absolute atomic E-state index is 0. The first kappa shape index (κ1) is 15.8. The van der Waals surface area contributed by atoms with Gasteiger partial charge in [0.15, 0.2) is 0 Å². The molecular formula is H3KO3PdS. The fourth-order valence-corrected chi connectivity index (χ4v) is 0. The normalized spacial score (nSPS) is 5.83. The molecule has 0 spiro atoms. The molecule has 0 aliphatic carbocycles. The predicted molar refractivity (Wildman–Crippen MR) is 14.5 cm³/mol. The maximum absolute atomic E-state index is 8.67. The van der Waals surface area contributed by atoms with Crippen molar-refractivity contribution >= 4 is 11.4 Å². The second-order valence-corrected chi connectivity index (χ2v) is 0.692. The van der Waals surface area contributed by atoms with Crippen molar-refractivity contribution in [2.75, 3.05) is 0 Å². The van der Waals surface area contributed by atoms with Gasteiger partial charge < -0.3 is 1.43 Å². The molecule has 6 heteroatoms. The molecule has 0 rings (SSSR count). The van der Waals surface area contributed by atoms with Gasteiger partial charge in [-0.2, -0.15) is 4.21 Å². The first-order valence-corrected chi connectivity index (χ1v) is 1.60. The quantitative estimate of drug-likeness (QED) is 0.339. The van der Waals surface area contributed by atoms with Gasteiger partial charge in [-0.1, -0.05) is 0 Å². The Bertz CT molecular complexity index is 37.9. The summed E-state index contributed by atoms with van der Waals surface area (Å²) in [6, 6.07) is 0. The number of hydrogen-bond acceptors (Lipinski definition) is 1. The minimum atomic E-state index is -2.61. The van der Waals surface area contributed by atoms with Gasteiger partial charge >= 0.3 is 51.4 Å². The topological polar surface area (TPSA) is 57.5 Å². The van der Waals surface area contributed by atoms with Crippen molar-refractivity contribution in [3.05, 3.63) is 0 Å². The summed E-state index contributed by atoms with van der Waals surface area (Å²) in [7, 11) is 0. The van der Waals surface area contributed by atoms with E-state index in [1.807, 2.05) is 0 Å². The van der Waals surface area contributed by atoms with Crippen molar-refractivity contribution in [3.8, 4) is 0 Å². The van der Waals surface area contributed by atoms with Crippen LogP contribution in [0.1, 0.15) is 1.43 Å². The van der Waals surface area contributed by atoms with Crippen LogP contribution in [0.3, 0.4) is 0 Å². The third-order valence-corrected chi connectivity index (χ3v) is 0. The number of rotatable bonds is 0. The Kier molecular flexibility index (Phi) is 27.2. The average molecular weight is 229 g/mol. The molecule has 0 saturated carbocycles. The van der Waals surface area contributed by atoms with Crippen molar-refractivity contribution in [1.82, 2.24) is 0 Å². The Morgan fingerprint density at radius 2 is 1.50 bits per heavy atom. The second kappa shape index (κ2) is 10.4. The maximum atomic E-state index is 8.67. The molecule has 0 unspecified atom stereocenters. The third kappa shape index (κ3) is 32.7. The van der Waals surface area contributed by atoms with Gasteiger partial charge in [-0.3, -0.25) is 9.11 Å². The van der Waals surface area contributed by atoms with E-state index in [1.54, 1.807) is 0 Å². The van der Waals surface area contributed by atoms with E-state index in [4.69, 9.17) is 13.3 Å². The maximum Gasteiger partial charge on any atom is 1.00 e. The standard InChI is InChI=1S/K.H2O3S.Pd.H/c;1-4(2)3;;/h;(H2,1,2,3);;/q+1;;;-1. The molecule has 0 saturated heterocycles. The van der Waals surface area contributed by atoms with E-state index in [2.05, 4.69) is 0 Å². The van der Waals surface area contributed by atoms with E-state index in [0.29, 0.717) is 0 Å². The van der Waals surface area contributed by atoms with Crippen LogP contribution in [-0.2, 0) is 31.8 Å². The molecule has 0 atom stereocenters.